The van der Waals surface area contributed by atoms with Crippen molar-refractivity contribution in [3.8, 4) is 0 Å². The van der Waals surface area contributed by atoms with Gasteiger partial charge >= 0.3 is 34.9 Å². The minimum atomic E-state index is -1.42. The van der Waals surface area contributed by atoms with Crippen LogP contribution >= 0.6 is 0 Å². The molecule has 0 radical (unpaired) electrons. The van der Waals surface area contributed by atoms with Crippen molar-refractivity contribution in [1.82, 2.24) is 0 Å². The molecular formula is C24H28Cl2O2SiZr-2. The van der Waals surface area contributed by atoms with Crippen molar-refractivity contribution in [2.75, 3.05) is 6.79 Å². The van der Waals surface area contributed by atoms with E-state index in [-0.39, 0.29) is 24.8 Å². The van der Waals surface area contributed by atoms with Crippen LogP contribution in [0.15, 0.2) is 72.5 Å². The molecular weight excluding hydrogens is 510 g/mol. The average molecular weight is 539 g/mol. The Morgan fingerprint density at radius 3 is 1.93 bits per heavy atom. The molecule has 0 amide bonds. The maximum Gasteiger partial charge on any atom is 0.188 e. The summed E-state index contributed by atoms with van der Waals surface area (Å²) < 4.78 is 12.9. The third-order valence-electron chi connectivity index (χ3n) is 3.89. The number of benzene rings is 2. The zero-order valence-electron chi connectivity index (χ0n) is 17.9. The molecule has 0 saturated carbocycles. The van der Waals surface area contributed by atoms with Gasteiger partial charge in [-0.2, -0.15) is 12.2 Å². The second kappa shape index (κ2) is 15.0. The van der Waals surface area contributed by atoms with E-state index in [2.05, 4.69) is 84.0 Å². The number of rotatable bonds is 4. The fraction of sp³-hybridized carbons (Fsp3) is 0.250. The van der Waals surface area contributed by atoms with E-state index in [1.807, 2.05) is 19.1 Å². The Labute approximate surface area is 209 Å². The van der Waals surface area contributed by atoms with Crippen molar-refractivity contribution >= 4 is 33.6 Å². The van der Waals surface area contributed by atoms with Crippen molar-refractivity contribution in [2.45, 2.75) is 33.0 Å². The van der Waals surface area contributed by atoms with Crippen LogP contribution in [0, 0.1) is 6.08 Å². The van der Waals surface area contributed by atoms with Gasteiger partial charge in [-0.15, -0.1) is 46.2 Å². The summed E-state index contributed by atoms with van der Waals surface area (Å²) in [4.78, 5) is 0. The molecule has 0 bridgehead atoms. The Balaban J connectivity index is 0.000000471. The molecule has 3 aromatic rings. The number of allylic oxidation sites excluding steroid dienone is 3. The molecule has 160 valence electrons. The molecule has 0 spiro atoms. The quantitative estimate of drug-likeness (QED) is 0.274. The first-order valence-electron chi connectivity index (χ1n) is 9.47. The second-order valence-corrected chi connectivity index (χ2v) is 13.2. The van der Waals surface area contributed by atoms with Crippen LogP contribution in [0.25, 0.3) is 21.5 Å². The molecule has 1 aliphatic carbocycles. The Hall–Kier alpha value is -0.900. The summed E-state index contributed by atoms with van der Waals surface area (Å²) in [5.74, 6) is 0.813. The van der Waals surface area contributed by atoms with Crippen LogP contribution in [0.1, 0.15) is 13.3 Å². The van der Waals surface area contributed by atoms with E-state index in [9.17, 15) is 0 Å². The summed E-state index contributed by atoms with van der Waals surface area (Å²) in [5.41, 5.74) is 0. The Morgan fingerprint density at radius 1 is 1.00 bits per heavy atom. The first kappa shape index (κ1) is 29.1. The van der Waals surface area contributed by atoms with Crippen molar-refractivity contribution in [2.24, 2.45) is 0 Å². The van der Waals surface area contributed by atoms with E-state index in [1.165, 1.54) is 45.8 Å². The molecule has 4 rings (SSSR count). The number of ether oxygens (including phenoxy) is 1. The van der Waals surface area contributed by atoms with Crippen molar-refractivity contribution in [1.29, 1.82) is 0 Å². The molecule has 2 nitrogen and oxygen atoms in total. The van der Waals surface area contributed by atoms with Gasteiger partial charge in [0.05, 0.1) is 0 Å². The molecule has 3 aromatic carbocycles. The zero-order valence-corrected chi connectivity index (χ0v) is 22.9. The van der Waals surface area contributed by atoms with Gasteiger partial charge in [-0.05, 0) is 25.4 Å². The molecule has 1 aliphatic rings. The van der Waals surface area contributed by atoms with Gasteiger partial charge in [0.15, 0.2) is 15.1 Å². The van der Waals surface area contributed by atoms with Crippen LogP contribution in [-0.4, -0.2) is 18.8 Å². The standard InChI is InChI=1S/C13H9.C9H15O2Si.C2H4.2ClH.Zr/c1-3-7-12-10(5-1)9-11-6-2-4-8-13(11)12;1-12(2,3)11-8-10-9-6-4-5-7-9;1-2;;;/h1-9H;4,6H,5,8H2,1-3H3;1H,2H3;2*1H;/q2*-1;;;;+2/p-2. The summed E-state index contributed by atoms with van der Waals surface area (Å²) in [6.07, 6.45) is 7.87. The molecule has 0 heterocycles. The summed E-state index contributed by atoms with van der Waals surface area (Å²) in [6.45, 7) is 8.82. The maximum absolute atomic E-state index is 5.51. The van der Waals surface area contributed by atoms with Gasteiger partial charge in [0.1, 0.15) is 0 Å². The molecule has 0 fully saturated rings. The molecule has 0 aliphatic heterocycles. The van der Waals surface area contributed by atoms with Crippen LogP contribution < -0.4 is 24.8 Å². The van der Waals surface area contributed by atoms with E-state index >= 15 is 0 Å². The van der Waals surface area contributed by atoms with E-state index in [0.29, 0.717) is 6.79 Å². The summed E-state index contributed by atoms with van der Waals surface area (Å²) >= 11 is 1.51. The van der Waals surface area contributed by atoms with Gasteiger partial charge in [-0.25, -0.2) is 6.08 Å². The SMILES string of the molecule is C[CH]=[Zr+2].C[Si](C)(C)OCOC1=[C-]CC=C1.[Cl-].[Cl-].c1ccc2c(c1)[cH-]c1ccccc12. The predicted molar refractivity (Wildman–Crippen MR) is 120 cm³/mol. The van der Waals surface area contributed by atoms with E-state index in [1.54, 1.807) is 0 Å². The Kier molecular flexibility index (Phi) is 14.5. The fourth-order valence-electron chi connectivity index (χ4n) is 2.66. The number of halogens is 2. The molecule has 0 unspecified atom stereocenters. The molecule has 0 aromatic heterocycles. The topological polar surface area (TPSA) is 18.5 Å². The van der Waals surface area contributed by atoms with Crippen molar-refractivity contribution in [3.05, 3.63) is 78.6 Å². The van der Waals surface area contributed by atoms with Crippen molar-refractivity contribution in [3.63, 3.8) is 0 Å². The van der Waals surface area contributed by atoms with E-state index in [0.717, 1.165) is 12.2 Å². The predicted octanol–water partition coefficient (Wildman–Crippen LogP) is 0.534. The molecule has 30 heavy (non-hydrogen) atoms. The largest absolute Gasteiger partial charge is 1.00 e. The van der Waals surface area contributed by atoms with Gasteiger partial charge in [-0.3, -0.25) is 0 Å². The summed E-state index contributed by atoms with van der Waals surface area (Å²) in [6, 6.07) is 19.3. The normalized spacial score (nSPS) is 11.9. The first-order valence-corrected chi connectivity index (χ1v) is 14.3. The average Bonchev–Trinajstić information content (AvgIpc) is 3.29. The van der Waals surface area contributed by atoms with E-state index < -0.39 is 8.32 Å². The minimum Gasteiger partial charge on any atom is -1.00 e. The monoisotopic (exact) mass is 536 g/mol. The van der Waals surface area contributed by atoms with Crippen molar-refractivity contribution < 1.29 is 58.2 Å². The third kappa shape index (κ3) is 9.94. The van der Waals surface area contributed by atoms with Gasteiger partial charge in [-0.1, -0.05) is 36.4 Å². The number of hydrogen-bond donors (Lipinski definition) is 0. The molecule has 0 saturated heterocycles. The van der Waals surface area contributed by atoms with Crippen LogP contribution in [0.4, 0.5) is 0 Å². The van der Waals surface area contributed by atoms with Gasteiger partial charge in [0, 0.05) is 0 Å². The smallest absolute Gasteiger partial charge is 0.188 e. The first-order chi connectivity index (χ1) is 13.4. The van der Waals surface area contributed by atoms with E-state index in [4.69, 9.17) is 9.16 Å². The molecule has 0 N–H and O–H groups in total. The zero-order chi connectivity index (χ0) is 20.4. The van der Waals surface area contributed by atoms with Gasteiger partial charge in [0.2, 0.25) is 0 Å². The van der Waals surface area contributed by atoms with Gasteiger partial charge < -0.3 is 34.0 Å². The summed E-state index contributed by atoms with van der Waals surface area (Å²) in [7, 11) is -1.42. The number of hydrogen-bond acceptors (Lipinski definition) is 2. The van der Waals surface area contributed by atoms with Crippen LogP contribution in [0.3, 0.4) is 0 Å². The van der Waals surface area contributed by atoms with Crippen LogP contribution in [0.2, 0.25) is 19.6 Å². The molecule has 6 heteroatoms. The van der Waals surface area contributed by atoms with Crippen LogP contribution in [-0.2, 0) is 33.4 Å². The molecule has 0 atom stereocenters. The minimum absolute atomic E-state index is 0. The third-order valence-corrected chi connectivity index (χ3v) is 4.88. The number of fused-ring (bicyclic) bond motifs is 3. The van der Waals surface area contributed by atoms with Crippen LogP contribution in [0.5, 0.6) is 0 Å². The maximum atomic E-state index is 5.51. The van der Waals surface area contributed by atoms with Gasteiger partial charge in [0.25, 0.3) is 0 Å². The second-order valence-electron chi connectivity index (χ2n) is 7.27. The Bertz CT molecular complexity index is 908. The Morgan fingerprint density at radius 2 is 1.50 bits per heavy atom. The summed E-state index contributed by atoms with van der Waals surface area (Å²) in [5, 5.41) is 5.39. The fourth-order valence-corrected chi connectivity index (χ4v) is 3.07.